The number of rotatable bonds is 6. The molecule has 2 saturated carbocycles. The summed E-state index contributed by atoms with van der Waals surface area (Å²) in [6.45, 7) is 1.11. The smallest absolute Gasteiger partial charge is 0.254 e. The van der Waals surface area contributed by atoms with E-state index in [9.17, 15) is 33.1 Å². The summed E-state index contributed by atoms with van der Waals surface area (Å²) in [4.78, 5) is 33.6. The van der Waals surface area contributed by atoms with Crippen molar-refractivity contribution in [3.63, 3.8) is 0 Å². The predicted octanol–water partition coefficient (Wildman–Crippen LogP) is 4.67. The van der Waals surface area contributed by atoms with Gasteiger partial charge in [-0.2, -0.15) is 5.26 Å². The molecular weight excluding hydrogens is 579 g/mol. The lowest BCUT2D eigenvalue weighted by atomic mass is 9.74. The number of carbonyl (C=O) groups excluding carboxylic acids is 2. The summed E-state index contributed by atoms with van der Waals surface area (Å²) in [5, 5.41) is 25.5. The minimum atomic E-state index is -3.03. The number of nitrogens with one attached hydrogen (secondary N) is 2. The molecule has 224 valence electrons. The molecule has 3 atom stereocenters. The normalized spacial score (nSPS) is 24.2. The second-order valence-electron chi connectivity index (χ2n) is 11.5. The van der Waals surface area contributed by atoms with Gasteiger partial charge in [-0.05, 0) is 61.2 Å². The minimum Gasteiger partial charge on any atom is -0.377 e. The third-order valence-corrected chi connectivity index (χ3v) is 9.59. The molecule has 0 bridgehead atoms. The van der Waals surface area contributed by atoms with Gasteiger partial charge < -0.3 is 15.3 Å². The first-order valence-corrected chi connectivity index (χ1v) is 15.1. The number of piperazine rings is 1. The Kier molecular flexibility index (Phi) is 7.75. The van der Waals surface area contributed by atoms with Gasteiger partial charge in [0.15, 0.2) is 0 Å². The number of nitriles is 1. The molecule has 3 unspecified atom stereocenters. The van der Waals surface area contributed by atoms with Crippen LogP contribution in [-0.4, -0.2) is 64.1 Å². The lowest BCUT2D eigenvalue weighted by molar-refractivity contribution is -0.134. The number of β-amino-alcohol motifs (C(OH)–C–C–N with tert-alkyl or cyclic N) is 1. The summed E-state index contributed by atoms with van der Waals surface area (Å²) >= 11 is 1.31. The molecule has 2 amide bonds. The van der Waals surface area contributed by atoms with Crippen LogP contribution in [0.25, 0.3) is 21.0 Å². The van der Waals surface area contributed by atoms with Crippen LogP contribution in [0.3, 0.4) is 0 Å². The molecule has 3 aromatic rings. The molecule has 1 aromatic heterocycles. The maximum absolute atomic E-state index is 14.7. The van der Waals surface area contributed by atoms with Crippen molar-refractivity contribution in [2.75, 3.05) is 19.6 Å². The maximum atomic E-state index is 14.7. The number of aliphatic hydroxyl groups excluding tert-OH is 1. The molecule has 1 aliphatic heterocycles. The highest BCUT2D eigenvalue weighted by Crippen LogP contribution is 2.50. The number of thiazole rings is 1. The number of alkyl halides is 2. The van der Waals surface area contributed by atoms with Crippen LogP contribution < -0.4 is 10.6 Å². The molecule has 8 nitrogen and oxygen atoms in total. The zero-order valence-corrected chi connectivity index (χ0v) is 24.0. The fourth-order valence-corrected chi connectivity index (χ4v) is 6.97. The van der Waals surface area contributed by atoms with Crippen LogP contribution >= 0.6 is 11.3 Å². The number of halogens is 3. The molecule has 1 saturated heterocycles. The standard InChI is InChI=1S/C31H30F3N5O3S/c32-21-7-5-19(6-8-21)28-37-25(22-9-10-31(33,34)15-23(22)27(41)38-30(17-35)11-12-30)26(43-28)18-1-3-20(4-2-18)29(42)39-14-13-36-24(40)16-39/h1-8,22-24,36,40H,9-16H2,(H,38,41). The van der Waals surface area contributed by atoms with Crippen LogP contribution in [0.2, 0.25) is 0 Å². The van der Waals surface area contributed by atoms with E-state index >= 15 is 0 Å². The van der Waals surface area contributed by atoms with Gasteiger partial charge >= 0.3 is 0 Å². The van der Waals surface area contributed by atoms with Gasteiger partial charge in [-0.15, -0.1) is 11.3 Å². The third kappa shape index (κ3) is 6.16. The van der Waals surface area contributed by atoms with E-state index < -0.39 is 54.1 Å². The van der Waals surface area contributed by atoms with Gasteiger partial charge in [0.1, 0.15) is 22.6 Å². The molecule has 43 heavy (non-hydrogen) atoms. The summed E-state index contributed by atoms with van der Waals surface area (Å²) in [6.07, 6.45) is -0.866. The first-order valence-electron chi connectivity index (χ1n) is 14.3. The lowest BCUT2D eigenvalue weighted by Crippen LogP contribution is -2.52. The Balaban J connectivity index is 1.37. The molecule has 3 fully saturated rings. The molecule has 0 spiro atoms. The van der Waals surface area contributed by atoms with E-state index in [1.807, 2.05) is 0 Å². The van der Waals surface area contributed by atoms with Crippen LogP contribution in [0.15, 0.2) is 48.5 Å². The number of nitrogens with zero attached hydrogens (tertiary/aromatic N) is 3. The van der Waals surface area contributed by atoms with Crippen LogP contribution in [-0.2, 0) is 4.79 Å². The quantitative estimate of drug-likeness (QED) is 0.374. The van der Waals surface area contributed by atoms with Gasteiger partial charge in [-0.3, -0.25) is 14.9 Å². The molecule has 3 aliphatic rings. The van der Waals surface area contributed by atoms with E-state index in [4.69, 9.17) is 4.98 Å². The number of hydrogen-bond acceptors (Lipinski definition) is 7. The molecule has 6 rings (SSSR count). The van der Waals surface area contributed by atoms with Crippen molar-refractivity contribution in [3.05, 3.63) is 65.6 Å². The Morgan fingerprint density at radius 2 is 1.79 bits per heavy atom. The summed E-state index contributed by atoms with van der Waals surface area (Å²) < 4.78 is 43.1. The number of benzene rings is 2. The molecule has 12 heteroatoms. The molecule has 2 heterocycles. The van der Waals surface area contributed by atoms with Gasteiger partial charge in [0.2, 0.25) is 11.8 Å². The van der Waals surface area contributed by atoms with Crippen molar-refractivity contribution >= 4 is 23.2 Å². The summed E-state index contributed by atoms with van der Waals surface area (Å²) in [5.74, 6) is -5.98. The van der Waals surface area contributed by atoms with E-state index in [2.05, 4.69) is 16.7 Å². The van der Waals surface area contributed by atoms with Crippen LogP contribution in [0.1, 0.15) is 54.1 Å². The first-order chi connectivity index (χ1) is 20.6. The van der Waals surface area contributed by atoms with E-state index in [-0.39, 0.29) is 18.9 Å². The first kappa shape index (κ1) is 29.3. The lowest BCUT2D eigenvalue weighted by Gasteiger charge is -2.35. The fourth-order valence-electron chi connectivity index (χ4n) is 5.82. The summed E-state index contributed by atoms with van der Waals surface area (Å²) in [5.41, 5.74) is 1.27. The van der Waals surface area contributed by atoms with Crippen LogP contribution in [0.5, 0.6) is 0 Å². The zero-order chi connectivity index (χ0) is 30.4. The van der Waals surface area contributed by atoms with E-state index in [1.54, 1.807) is 41.3 Å². The Bertz CT molecular complexity index is 1570. The second kappa shape index (κ2) is 11.4. The predicted molar refractivity (Wildman–Crippen MR) is 154 cm³/mol. The van der Waals surface area contributed by atoms with Crippen molar-refractivity contribution < 1.29 is 27.9 Å². The van der Waals surface area contributed by atoms with Gasteiger partial charge in [-0.25, -0.2) is 18.2 Å². The number of aliphatic hydroxyl groups is 1. The fraction of sp³-hybridized carbons (Fsp3) is 0.419. The largest absolute Gasteiger partial charge is 0.377 e. The van der Waals surface area contributed by atoms with Gasteiger partial charge in [0, 0.05) is 43.0 Å². The van der Waals surface area contributed by atoms with E-state index in [1.165, 1.54) is 23.5 Å². The highest BCUT2D eigenvalue weighted by molar-refractivity contribution is 7.18. The van der Waals surface area contributed by atoms with Crippen LogP contribution in [0, 0.1) is 23.1 Å². The van der Waals surface area contributed by atoms with Gasteiger partial charge in [-0.1, -0.05) is 12.1 Å². The maximum Gasteiger partial charge on any atom is 0.254 e. The van der Waals surface area contributed by atoms with Crippen molar-refractivity contribution in [1.82, 2.24) is 20.5 Å². The topological polar surface area (TPSA) is 118 Å². The number of amides is 2. The summed E-state index contributed by atoms with van der Waals surface area (Å²) in [6, 6.07) is 14.8. The van der Waals surface area contributed by atoms with Crippen molar-refractivity contribution in [2.24, 2.45) is 5.92 Å². The van der Waals surface area contributed by atoms with Gasteiger partial charge in [0.05, 0.1) is 29.1 Å². The Hall–Kier alpha value is -3.79. The van der Waals surface area contributed by atoms with E-state index in [0.717, 1.165) is 0 Å². The van der Waals surface area contributed by atoms with Crippen LogP contribution in [0.4, 0.5) is 13.2 Å². The molecule has 0 radical (unpaired) electrons. The SMILES string of the molecule is N#CC1(NC(=O)C2CC(F)(F)CCC2c2nc(-c3ccc(F)cc3)sc2-c2ccc(C(=O)N3CCNC(O)C3)cc2)CC1. The number of aromatic nitrogens is 1. The number of hydrogen-bond donors (Lipinski definition) is 3. The monoisotopic (exact) mass is 609 g/mol. The van der Waals surface area contributed by atoms with Crippen molar-refractivity contribution in [1.29, 1.82) is 5.26 Å². The van der Waals surface area contributed by atoms with Crippen molar-refractivity contribution in [2.45, 2.75) is 55.7 Å². The highest BCUT2D eigenvalue weighted by atomic mass is 32.1. The molecule has 3 N–H and O–H groups in total. The zero-order valence-electron chi connectivity index (χ0n) is 23.2. The highest BCUT2D eigenvalue weighted by Gasteiger charge is 2.51. The molecular formula is C31H30F3N5O3S. The van der Waals surface area contributed by atoms with E-state index in [0.29, 0.717) is 58.2 Å². The minimum absolute atomic E-state index is 0.0200. The van der Waals surface area contributed by atoms with Gasteiger partial charge in [0.25, 0.3) is 5.91 Å². The Morgan fingerprint density at radius 1 is 1.09 bits per heavy atom. The Morgan fingerprint density at radius 3 is 2.44 bits per heavy atom. The third-order valence-electron chi connectivity index (χ3n) is 8.42. The second-order valence-corrected chi connectivity index (χ2v) is 12.5. The van der Waals surface area contributed by atoms with Crippen molar-refractivity contribution in [3.8, 4) is 27.1 Å². The number of carbonyl (C=O) groups is 2. The Labute approximate surface area is 250 Å². The average molecular weight is 610 g/mol. The molecule has 2 aliphatic carbocycles. The average Bonchev–Trinajstić information content (AvgIpc) is 3.64. The summed E-state index contributed by atoms with van der Waals surface area (Å²) in [7, 11) is 0. The molecule has 2 aromatic carbocycles.